The fraction of sp³-hybridized carbons (Fsp3) is 0.316. The smallest absolute Gasteiger partial charge is 0.305 e. The van der Waals surface area contributed by atoms with Crippen molar-refractivity contribution < 1.29 is 14.8 Å². The first-order chi connectivity index (χ1) is 13.0. The van der Waals surface area contributed by atoms with Crippen LogP contribution in [0.2, 0.25) is 0 Å². The zero-order chi connectivity index (χ0) is 19.4. The first kappa shape index (κ1) is 19.3. The Morgan fingerprint density at radius 1 is 1.19 bits per heavy atom. The van der Waals surface area contributed by atoms with Gasteiger partial charge in [-0.1, -0.05) is 36.4 Å². The molecule has 1 N–H and O–H groups in total. The molecule has 0 saturated carbocycles. The number of nitrogens with zero attached hydrogens (tertiary/aromatic N) is 3. The fourth-order valence-corrected chi connectivity index (χ4v) is 4.09. The molecule has 0 aromatic heterocycles. The van der Waals surface area contributed by atoms with Gasteiger partial charge in [-0.3, -0.25) is 19.8 Å². The predicted octanol–water partition coefficient (Wildman–Crippen LogP) is 3.52. The number of carboxylic acid groups (broad SMARTS) is 1. The summed E-state index contributed by atoms with van der Waals surface area (Å²) in [6, 6.07) is 14.5. The number of nitro groups is 1. The molecule has 142 valence electrons. The molecular weight excluding hydrogens is 414 g/mol. The molecule has 2 aromatic carbocycles. The molecule has 0 aliphatic carbocycles. The topological polar surface area (TPSA) is 86.9 Å². The molecule has 1 aliphatic heterocycles. The lowest BCUT2D eigenvalue weighted by molar-refractivity contribution is -0.384. The molecule has 1 unspecified atom stereocenters. The number of anilines is 1. The maximum atomic E-state index is 11.5. The van der Waals surface area contributed by atoms with Gasteiger partial charge in [-0.2, -0.15) is 0 Å². The second-order valence-electron chi connectivity index (χ2n) is 6.53. The van der Waals surface area contributed by atoms with Crippen molar-refractivity contribution in [3.63, 3.8) is 0 Å². The van der Waals surface area contributed by atoms with E-state index >= 15 is 0 Å². The van der Waals surface area contributed by atoms with Crippen molar-refractivity contribution in [2.75, 3.05) is 24.5 Å². The van der Waals surface area contributed by atoms with Crippen LogP contribution in [0.4, 0.5) is 11.4 Å². The van der Waals surface area contributed by atoms with Gasteiger partial charge < -0.3 is 10.0 Å². The lowest BCUT2D eigenvalue weighted by Crippen LogP contribution is -2.54. The number of carboxylic acids is 1. The van der Waals surface area contributed by atoms with Crippen molar-refractivity contribution in [1.29, 1.82) is 0 Å². The highest BCUT2D eigenvalue weighted by Crippen LogP contribution is 2.38. The summed E-state index contributed by atoms with van der Waals surface area (Å²) in [5, 5.41) is 20.8. The number of aliphatic carboxylic acids is 1. The average molecular weight is 434 g/mol. The SMILES string of the molecule is O=C(O)CC1CN(Cc2ccccc2)CCN1c1c(Br)cccc1[N+](=O)[O-]. The first-order valence-corrected chi connectivity index (χ1v) is 9.42. The summed E-state index contributed by atoms with van der Waals surface area (Å²) in [4.78, 5) is 26.5. The third-order valence-corrected chi connectivity index (χ3v) is 5.32. The molecule has 1 saturated heterocycles. The summed E-state index contributed by atoms with van der Waals surface area (Å²) >= 11 is 3.41. The maximum absolute atomic E-state index is 11.5. The zero-order valence-corrected chi connectivity index (χ0v) is 16.2. The van der Waals surface area contributed by atoms with E-state index in [1.165, 1.54) is 6.07 Å². The number of para-hydroxylation sites is 1. The van der Waals surface area contributed by atoms with Crippen LogP contribution in [0, 0.1) is 10.1 Å². The molecule has 7 nitrogen and oxygen atoms in total. The van der Waals surface area contributed by atoms with Crippen molar-refractivity contribution in [2.45, 2.75) is 19.0 Å². The summed E-state index contributed by atoms with van der Waals surface area (Å²) in [6.07, 6.45) is -0.0796. The molecule has 1 heterocycles. The minimum Gasteiger partial charge on any atom is -0.481 e. The first-order valence-electron chi connectivity index (χ1n) is 8.63. The normalized spacial score (nSPS) is 17.7. The van der Waals surface area contributed by atoms with Crippen LogP contribution in [-0.4, -0.2) is 46.6 Å². The number of hydrogen-bond donors (Lipinski definition) is 1. The predicted molar refractivity (Wildman–Crippen MR) is 106 cm³/mol. The van der Waals surface area contributed by atoms with Crippen LogP contribution in [0.3, 0.4) is 0 Å². The minimum absolute atomic E-state index is 0.0173. The molecule has 27 heavy (non-hydrogen) atoms. The summed E-state index contributed by atoms with van der Waals surface area (Å²) in [5.74, 6) is -0.915. The summed E-state index contributed by atoms with van der Waals surface area (Å²) in [7, 11) is 0. The van der Waals surface area contributed by atoms with Gasteiger partial charge in [0.05, 0.1) is 17.4 Å². The maximum Gasteiger partial charge on any atom is 0.305 e. The number of nitro benzene ring substituents is 1. The monoisotopic (exact) mass is 433 g/mol. The highest BCUT2D eigenvalue weighted by molar-refractivity contribution is 9.10. The van der Waals surface area contributed by atoms with Gasteiger partial charge >= 0.3 is 5.97 Å². The Labute approximate surface area is 165 Å². The number of carbonyl (C=O) groups is 1. The van der Waals surface area contributed by atoms with Crippen LogP contribution in [0.5, 0.6) is 0 Å². The van der Waals surface area contributed by atoms with Crippen LogP contribution in [-0.2, 0) is 11.3 Å². The molecular formula is C19H20BrN3O4. The highest BCUT2D eigenvalue weighted by Gasteiger charge is 2.33. The Morgan fingerprint density at radius 3 is 2.59 bits per heavy atom. The van der Waals surface area contributed by atoms with Crippen molar-refractivity contribution in [1.82, 2.24) is 4.90 Å². The Morgan fingerprint density at radius 2 is 1.93 bits per heavy atom. The molecule has 1 atom stereocenters. The van der Waals surface area contributed by atoms with Gasteiger partial charge in [0.25, 0.3) is 5.69 Å². The molecule has 3 rings (SSSR count). The standard InChI is InChI=1S/C19H20BrN3O4/c20-16-7-4-8-17(23(26)27)19(16)22-10-9-21(13-15(22)11-18(24)25)12-14-5-2-1-3-6-14/h1-8,15H,9-13H2,(H,24,25). The van der Waals surface area contributed by atoms with E-state index in [0.29, 0.717) is 29.8 Å². The van der Waals surface area contributed by atoms with Gasteiger partial charge in [0.2, 0.25) is 0 Å². The number of piperazine rings is 1. The summed E-state index contributed by atoms with van der Waals surface area (Å²) in [6.45, 7) is 2.47. The molecule has 0 radical (unpaired) electrons. The molecule has 0 spiro atoms. The molecule has 2 aromatic rings. The van der Waals surface area contributed by atoms with E-state index in [2.05, 4.69) is 20.8 Å². The van der Waals surface area contributed by atoms with Crippen LogP contribution in [0.1, 0.15) is 12.0 Å². The lowest BCUT2D eigenvalue weighted by Gasteiger charge is -2.42. The molecule has 1 fully saturated rings. The number of hydrogen-bond acceptors (Lipinski definition) is 5. The Kier molecular flexibility index (Phi) is 6.08. The second kappa shape index (κ2) is 8.49. The zero-order valence-electron chi connectivity index (χ0n) is 14.6. The van der Waals surface area contributed by atoms with Gasteiger partial charge in [-0.05, 0) is 27.6 Å². The van der Waals surface area contributed by atoms with E-state index in [4.69, 9.17) is 0 Å². The third kappa shape index (κ3) is 4.64. The fourth-order valence-electron chi connectivity index (χ4n) is 3.51. The van der Waals surface area contributed by atoms with Crippen LogP contribution < -0.4 is 4.90 Å². The summed E-state index contributed by atoms with van der Waals surface area (Å²) in [5.41, 5.74) is 1.59. The molecule has 0 amide bonds. The largest absolute Gasteiger partial charge is 0.481 e. The Balaban J connectivity index is 1.86. The van der Waals surface area contributed by atoms with E-state index < -0.39 is 10.9 Å². The quantitative estimate of drug-likeness (QED) is 0.553. The minimum atomic E-state index is -0.915. The van der Waals surface area contributed by atoms with Gasteiger partial charge in [0, 0.05) is 36.7 Å². The average Bonchev–Trinajstić information content (AvgIpc) is 2.62. The number of rotatable bonds is 6. The van der Waals surface area contributed by atoms with Crippen molar-refractivity contribution in [2.24, 2.45) is 0 Å². The Hall–Kier alpha value is -2.45. The van der Waals surface area contributed by atoms with Crippen LogP contribution in [0.15, 0.2) is 53.0 Å². The highest BCUT2D eigenvalue weighted by atomic mass is 79.9. The molecule has 8 heteroatoms. The van der Waals surface area contributed by atoms with Gasteiger partial charge in [-0.15, -0.1) is 0 Å². The molecule has 0 bridgehead atoms. The van der Waals surface area contributed by atoms with Gasteiger partial charge in [0.15, 0.2) is 0 Å². The van der Waals surface area contributed by atoms with E-state index in [0.717, 1.165) is 12.1 Å². The Bertz CT molecular complexity index is 831. The van der Waals surface area contributed by atoms with Crippen molar-refractivity contribution in [3.8, 4) is 0 Å². The van der Waals surface area contributed by atoms with Crippen LogP contribution in [0.25, 0.3) is 0 Å². The third-order valence-electron chi connectivity index (χ3n) is 4.68. The van der Waals surface area contributed by atoms with Crippen molar-refractivity contribution in [3.05, 3.63) is 68.7 Å². The van der Waals surface area contributed by atoms with Crippen LogP contribution >= 0.6 is 15.9 Å². The molecule has 1 aliphatic rings. The lowest BCUT2D eigenvalue weighted by atomic mass is 10.1. The van der Waals surface area contributed by atoms with Gasteiger partial charge in [-0.25, -0.2) is 0 Å². The van der Waals surface area contributed by atoms with E-state index in [1.54, 1.807) is 12.1 Å². The van der Waals surface area contributed by atoms with E-state index in [-0.39, 0.29) is 18.2 Å². The van der Waals surface area contributed by atoms with E-state index in [9.17, 15) is 20.0 Å². The second-order valence-corrected chi connectivity index (χ2v) is 7.38. The van der Waals surface area contributed by atoms with Crippen molar-refractivity contribution >= 4 is 33.3 Å². The number of benzene rings is 2. The van der Waals surface area contributed by atoms with E-state index in [1.807, 2.05) is 35.2 Å². The number of halogens is 1. The van der Waals surface area contributed by atoms with Gasteiger partial charge in [0.1, 0.15) is 5.69 Å². The summed E-state index contributed by atoms with van der Waals surface area (Å²) < 4.78 is 0.601.